The lowest BCUT2D eigenvalue weighted by Gasteiger charge is -2.17. The van der Waals surface area contributed by atoms with Gasteiger partial charge in [-0.3, -0.25) is 0 Å². The number of aliphatic hydroxyl groups is 1. The molecule has 0 aliphatic heterocycles. The van der Waals surface area contributed by atoms with Crippen LogP contribution in [0.2, 0.25) is 0 Å². The SMILES string of the molecule is CC(C)(C)c1nc(C(O)C2=CCCCCCC2)cs1. The first-order valence-electron chi connectivity index (χ1n) is 7.31. The van der Waals surface area contributed by atoms with Gasteiger partial charge in [0.15, 0.2) is 0 Å². The quantitative estimate of drug-likeness (QED) is 0.792. The number of hydrogen-bond donors (Lipinski definition) is 1. The summed E-state index contributed by atoms with van der Waals surface area (Å²) >= 11 is 1.66. The fourth-order valence-electron chi connectivity index (χ4n) is 2.41. The second-order valence-corrected chi connectivity index (χ2v) is 7.32. The number of aromatic nitrogens is 1. The van der Waals surface area contributed by atoms with Gasteiger partial charge in [-0.2, -0.15) is 0 Å². The van der Waals surface area contributed by atoms with Gasteiger partial charge < -0.3 is 5.11 Å². The normalized spacial score (nSPS) is 19.5. The average Bonchev–Trinajstić information content (AvgIpc) is 2.76. The summed E-state index contributed by atoms with van der Waals surface area (Å²) < 4.78 is 0. The number of allylic oxidation sites excluding steroid dienone is 1. The van der Waals surface area contributed by atoms with Crippen molar-refractivity contribution in [1.82, 2.24) is 4.98 Å². The zero-order chi connectivity index (χ0) is 13.9. The Morgan fingerprint density at radius 2 is 1.95 bits per heavy atom. The van der Waals surface area contributed by atoms with Gasteiger partial charge in [0.1, 0.15) is 6.10 Å². The van der Waals surface area contributed by atoms with Gasteiger partial charge >= 0.3 is 0 Å². The maximum atomic E-state index is 10.5. The molecule has 106 valence electrons. The minimum absolute atomic E-state index is 0.0674. The molecule has 0 fully saturated rings. The molecule has 0 radical (unpaired) electrons. The lowest BCUT2D eigenvalue weighted by molar-refractivity contribution is 0.204. The monoisotopic (exact) mass is 279 g/mol. The molecule has 3 heteroatoms. The van der Waals surface area contributed by atoms with Gasteiger partial charge in [-0.1, -0.05) is 39.7 Å². The van der Waals surface area contributed by atoms with Gasteiger partial charge in [0.25, 0.3) is 0 Å². The Morgan fingerprint density at radius 1 is 1.21 bits per heavy atom. The third-order valence-corrected chi connectivity index (χ3v) is 4.91. The molecule has 1 heterocycles. The highest BCUT2D eigenvalue weighted by Gasteiger charge is 2.22. The molecule has 0 aromatic carbocycles. The lowest BCUT2D eigenvalue weighted by Crippen LogP contribution is -2.11. The van der Waals surface area contributed by atoms with E-state index in [0.717, 1.165) is 23.5 Å². The molecule has 1 unspecified atom stereocenters. The molecular weight excluding hydrogens is 254 g/mol. The third-order valence-electron chi connectivity index (χ3n) is 3.62. The van der Waals surface area contributed by atoms with Crippen LogP contribution in [0.3, 0.4) is 0 Å². The molecule has 1 atom stereocenters. The number of nitrogens with zero attached hydrogens (tertiary/aromatic N) is 1. The minimum atomic E-state index is -0.495. The van der Waals surface area contributed by atoms with Gasteiger partial charge in [0, 0.05) is 10.8 Å². The van der Waals surface area contributed by atoms with Crippen LogP contribution >= 0.6 is 11.3 Å². The molecule has 1 aromatic heterocycles. The Kier molecular flexibility index (Phi) is 4.80. The van der Waals surface area contributed by atoms with Crippen molar-refractivity contribution in [3.63, 3.8) is 0 Å². The first-order chi connectivity index (χ1) is 8.98. The van der Waals surface area contributed by atoms with Crippen molar-refractivity contribution < 1.29 is 5.11 Å². The van der Waals surface area contributed by atoms with E-state index in [1.54, 1.807) is 11.3 Å². The molecule has 0 amide bonds. The predicted molar refractivity (Wildman–Crippen MR) is 81.6 cm³/mol. The van der Waals surface area contributed by atoms with E-state index in [0.29, 0.717) is 0 Å². The highest BCUT2D eigenvalue weighted by atomic mass is 32.1. The lowest BCUT2D eigenvalue weighted by atomic mass is 9.95. The molecule has 0 bridgehead atoms. The summed E-state index contributed by atoms with van der Waals surface area (Å²) in [4.78, 5) is 4.64. The van der Waals surface area contributed by atoms with Gasteiger partial charge in [-0.05, 0) is 31.3 Å². The maximum absolute atomic E-state index is 10.5. The Hall–Kier alpha value is -0.670. The smallest absolute Gasteiger partial charge is 0.118 e. The largest absolute Gasteiger partial charge is 0.382 e. The van der Waals surface area contributed by atoms with Crippen molar-refractivity contribution >= 4 is 11.3 Å². The second kappa shape index (κ2) is 6.19. The Morgan fingerprint density at radius 3 is 2.63 bits per heavy atom. The molecule has 0 saturated heterocycles. The van der Waals surface area contributed by atoms with Crippen molar-refractivity contribution in [2.75, 3.05) is 0 Å². The van der Waals surface area contributed by atoms with Crippen LogP contribution < -0.4 is 0 Å². The highest BCUT2D eigenvalue weighted by molar-refractivity contribution is 7.09. The first-order valence-corrected chi connectivity index (χ1v) is 8.19. The van der Waals surface area contributed by atoms with Gasteiger partial charge in [0.2, 0.25) is 0 Å². The fourth-order valence-corrected chi connectivity index (χ4v) is 3.34. The topological polar surface area (TPSA) is 33.1 Å². The maximum Gasteiger partial charge on any atom is 0.118 e. The summed E-state index contributed by atoms with van der Waals surface area (Å²) in [7, 11) is 0. The molecule has 0 saturated carbocycles. The second-order valence-electron chi connectivity index (χ2n) is 6.46. The average molecular weight is 279 g/mol. The van der Waals surface area contributed by atoms with Crippen molar-refractivity contribution in [3.8, 4) is 0 Å². The van der Waals surface area contributed by atoms with Crippen LogP contribution in [0.25, 0.3) is 0 Å². The first kappa shape index (κ1) is 14.7. The molecule has 2 rings (SSSR count). The van der Waals surface area contributed by atoms with Crippen molar-refractivity contribution in [1.29, 1.82) is 0 Å². The van der Waals surface area contributed by atoms with E-state index in [1.165, 1.54) is 31.3 Å². The molecule has 1 aromatic rings. The molecule has 2 nitrogen and oxygen atoms in total. The highest BCUT2D eigenvalue weighted by Crippen LogP contribution is 2.32. The van der Waals surface area contributed by atoms with E-state index in [-0.39, 0.29) is 5.41 Å². The standard InChI is InChI=1S/C16H25NOS/c1-16(2,3)15-17-13(11-19-15)14(18)12-9-7-5-4-6-8-10-12/h9,11,14,18H,4-8,10H2,1-3H3. The zero-order valence-electron chi connectivity index (χ0n) is 12.3. The molecular formula is C16H25NOS. The van der Waals surface area contributed by atoms with Gasteiger partial charge in [-0.25, -0.2) is 4.98 Å². The van der Waals surface area contributed by atoms with Crippen LogP contribution in [0.5, 0.6) is 0 Å². The Bertz CT molecular complexity index is 442. The number of aliphatic hydroxyl groups excluding tert-OH is 1. The van der Waals surface area contributed by atoms with Crippen LogP contribution in [0, 0.1) is 0 Å². The van der Waals surface area contributed by atoms with E-state index >= 15 is 0 Å². The third kappa shape index (κ3) is 3.90. The predicted octanol–water partition coefficient (Wildman–Crippen LogP) is 4.75. The summed E-state index contributed by atoms with van der Waals surface area (Å²) in [6, 6.07) is 0. The molecule has 19 heavy (non-hydrogen) atoms. The Labute approximate surface area is 120 Å². The van der Waals surface area contributed by atoms with Crippen LogP contribution in [0.1, 0.15) is 76.1 Å². The minimum Gasteiger partial charge on any atom is -0.382 e. The summed E-state index contributed by atoms with van der Waals surface area (Å²) in [5.41, 5.74) is 2.07. The van der Waals surface area contributed by atoms with Crippen LogP contribution in [0.15, 0.2) is 17.0 Å². The number of rotatable bonds is 2. The van der Waals surface area contributed by atoms with E-state index in [9.17, 15) is 5.11 Å². The van der Waals surface area contributed by atoms with Crippen molar-refractivity contribution in [2.24, 2.45) is 0 Å². The van der Waals surface area contributed by atoms with E-state index < -0.39 is 6.10 Å². The van der Waals surface area contributed by atoms with Crippen LogP contribution in [-0.4, -0.2) is 10.1 Å². The fraction of sp³-hybridized carbons (Fsp3) is 0.688. The van der Waals surface area contributed by atoms with Crippen molar-refractivity contribution in [3.05, 3.63) is 27.7 Å². The molecule has 1 aliphatic rings. The van der Waals surface area contributed by atoms with Gasteiger partial charge in [-0.15, -0.1) is 11.3 Å². The Balaban J connectivity index is 2.14. The zero-order valence-corrected chi connectivity index (χ0v) is 13.1. The van der Waals surface area contributed by atoms with Crippen LogP contribution in [0.4, 0.5) is 0 Å². The molecule has 0 spiro atoms. The van der Waals surface area contributed by atoms with E-state index in [4.69, 9.17) is 0 Å². The van der Waals surface area contributed by atoms with Crippen molar-refractivity contribution in [2.45, 2.75) is 70.8 Å². The number of thiazole rings is 1. The van der Waals surface area contributed by atoms with Gasteiger partial charge in [0.05, 0.1) is 10.7 Å². The van der Waals surface area contributed by atoms with E-state index in [2.05, 4.69) is 31.8 Å². The summed E-state index contributed by atoms with van der Waals surface area (Å²) in [5.74, 6) is 0. The summed E-state index contributed by atoms with van der Waals surface area (Å²) in [6.45, 7) is 6.49. The molecule has 1 N–H and O–H groups in total. The van der Waals surface area contributed by atoms with Crippen LogP contribution in [-0.2, 0) is 5.41 Å². The summed E-state index contributed by atoms with van der Waals surface area (Å²) in [6.07, 6.45) is 8.91. The number of hydrogen-bond acceptors (Lipinski definition) is 3. The molecule has 1 aliphatic carbocycles. The summed E-state index contributed by atoms with van der Waals surface area (Å²) in [5, 5.41) is 13.6. The van der Waals surface area contributed by atoms with E-state index in [1.807, 2.05) is 5.38 Å².